The molecule has 2 unspecified atom stereocenters. The van der Waals surface area contributed by atoms with Gasteiger partial charge in [-0.15, -0.1) is 0 Å². The molecule has 3 heterocycles. The van der Waals surface area contributed by atoms with Gasteiger partial charge in [-0.1, -0.05) is 13.3 Å². The normalized spacial score (nSPS) is 18.8. The molecule has 0 radical (unpaired) electrons. The number of carbonyl (C=O) groups is 2. The number of likely N-dealkylation sites (tertiary alicyclic amines) is 1. The summed E-state index contributed by atoms with van der Waals surface area (Å²) in [6.45, 7) is 5.68. The third-order valence-electron chi connectivity index (χ3n) is 6.41. The van der Waals surface area contributed by atoms with Crippen molar-refractivity contribution in [3.8, 4) is 0 Å². The fourth-order valence-electron chi connectivity index (χ4n) is 4.31. The summed E-state index contributed by atoms with van der Waals surface area (Å²) in [4.78, 5) is 56.0. The number of aromatic nitrogens is 4. The third kappa shape index (κ3) is 4.78. The number of nitrogens with zero attached hydrogens (tertiary/aromatic N) is 5. The summed E-state index contributed by atoms with van der Waals surface area (Å²) >= 11 is 0. The van der Waals surface area contributed by atoms with E-state index in [0.717, 1.165) is 30.3 Å². The zero-order valence-corrected chi connectivity index (χ0v) is 19.5. The number of aryl methyl sites for hydroxylation is 2. The van der Waals surface area contributed by atoms with Gasteiger partial charge in [0.25, 0.3) is 5.56 Å². The number of nitrogens with one attached hydrogen (secondary N) is 1. The average Bonchev–Trinajstić information content (AvgIpc) is 3.20. The minimum absolute atomic E-state index is 0.0216. The number of hydrogen-bond acceptors (Lipinski definition) is 5. The fraction of sp³-hybridized carbons (Fsp3) is 0.682. The van der Waals surface area contributed by atoms with E-state index in [4.69, 9.17) is 0 Å². The van der Waals surface area contributed by atoms with E-state index in [9.17, 15) is 19.2 Å². The molecular weight excluding hydrogens is 412 g/mol. The van der Waals surface area contributed by atoms with E-state index in [1.807, 2.05) is 11.8 Å². The highest BCUT2D eigenvalue weighted by atomic mass is 16.2. The maximum atomic E-state index is 12.9. The Labute approximate surface area is 187 Å². The Morgan fingerprint density at radius 3 is 2.62 bits per heavy atom. The predicted octanol–water partition coefficient (Wildman–Crippen LogP) is 0.757. The van der Waals surface area contributed by atoms with Crippen LogP contribution in [0, 0.1) is 5.92 Å². The zero-order chi connectivity index (χ0) is 23.4. The van der Waals surface area contributed by atoms with Crippen LogP contribution in [-0.2, 0) is 30.2 Å². The highest BCUT2D eigenvalue weighted by Gasteiger charge is 2.32. The summed E-state index contributed by atoms with van der Waals surface area (Å²) in [5.74, 6) is -0.100. The first-order valence-electron chi connectivity index (χ1n) is 11.4. The van der Waals surface area contributed by atoms with Crippen LogP contribution in [0.5, 0.6) is 0 Å². The summed E-state index contributed by atoms with van der Waals surface area (Å²) in [6, 6.07) is 0.109. The first kappa shape index (κ1) is 23.7. The quantitative estimate of drug-likeness (QED) is 0.602. The lowest BCUT2D eigenvalue weighted by atomic mass is 9.92. The van der Waals surface area contributed by atoms with Crippen LogP contribution in [0.2, 0.25) is 0 Å². The predicted molar refractivity (Wildman–Crippen MR) is 121 cm³/mol. The fourth-order valence-corrected chi connectivity index (χ4v) is 4.31. The van der Waals surface area contributed by atoms with Crippen LogP contribution in [0.25, 0.3) is 11.2 Å². The molecule has 0 aromatic carbocycles. The van der Waals surface area contributed by atoms with E-state index in [2.05, 4.69) is 17.2 Å². The van der Waals surface area contributed by atoms with E-state index in [1.54, 1.807) is 11.6 Å². The number of rotatable bonds is 8. The van der Waals surface area contributed by atoms with Gasteiger partial charge in [-0.3, -0.25) is 23.5 Å². The Morgan fingerprint density at radius 1 is 1.16 bits per heavy atom. The van der Waals surface area contributed by atoms with Gasteiger partial charge in [-0.25, -0.2) is 9.78 Å². The van der Waals surface area contributed by atoms with Crippen LogP contribution in [0.3, 0.4) is 0 Å². The van der Waals surface area contributed by atoms with Gasteiger partial charge in [0.1, 0.15) is 0 Å². The molecule has 3 rings (SSSR count). The molecule has 2 aromatic heterocycles. The molecule has 10 heteroatoms. The standard InChI is InChI=1S/C22H34N6O4/c1-5-6-11-23-20(30)16-10-9-15(2)28(13-16)17(29)8-7-12-27-14-24-19-18(27)21(31)26(4)22(32)25(19)3/h14-16H,5-13H2,1-4H3,(H,23,30). The number of unbranched alkanes of at least 4 members (excludes halogenated alkanes) is 1. The molecule has 0 spiro atoms. The van der Waals surface area contributed by atoms with Crippen molar-refractivity contribution in [2.24, 2.45) is 20.0 Å². The van der Waals surface area contributed by atoms with Crippen molar-refractivity contribution in [3.05, 3.63) is 27.2 Å². The van der Waals surface area contributed by atoms with E-state index >= 15 is 0 Å². The number of fused-ring (bicyclic) bond motifs is 1. The van der Waals surface area contributed by atoms with E-state index in [-0.39, 0.29) is 23.8 Å². The number of hydrogen-bond donors (Lipinski definition) is 1. The molecular formula is C22H34N6O4. The second-order valence-electron chi connectivity index (χ2n) is 8.73. The molecule has 2 atom stereocenters. The number of imidazole rings is 1. The summed E-state index contributed by atoms with van der Waals surface area (Å²) in [5.41, 5.74) is -0.119. The molecule has 0 aliphatic carbocycles. The molecule has 1 saturated heterocycles. The van der Waals surface area contributed by atoms with Crippen LogP contribution in [-0.4, -0.2) is 54.5 Å². The molecule has 2 aromatic rings. The lowest BCUT2D eigenvalue weighted by molar-refractivity contribution is -0.138. The first-order valence-corrected chi connectivity index (χ1v) is 11.4. The van der Waals surface area contributed by atoms with Crippen LogP contribution < -0.4 is 16.6 Å². The molecule has 10 nitrogen and oxygen atoms in total. The Morgan fingerprint density at radius 2 is 1.91 bits per heavy atom. The van der Waals surface area contributed by atoms with Gasteiger partial charge >= 0.3 is 5.69 Å². The number of amides is 2. The van der Waals surface area contributed by atoms with Crippen LogP contribution in [0.1, 0.15) is 52.4 Å². The Hall–Kier alpha value is -2.91. The molecule has 0 saturated carbocycles. The summed E-state index contributed by atoms with van der Waals surface area (Å²) < 4.78 is 4.11. The maximum absolute atomic E-state index is 12.9. The van der Waals surface area contributed by atoms with E-state index < -0.39 is 11.2 Å². The molecule has 32 heavy (non-hydrogen) atoms. The summed E-state index contributed by atoms with van der Waals surface area (Å²) in [6.07, 6.45) is 5.99. The van der Waals surface area contributed by atoms with Gasteiger partial charge in [0, 0.05) is 46.2 Å². The van der Waals surface area contributed by atoms with Crippen molar-refractivity contribution in [1.82, 2.24) is 28.9 Å². The zero-order valence-electron chi connectivity index (χ0n) is 19.5. The SMILES string of the molecule is CCCCNC(=O)C1CCC(C)N(C(=O)CCCn2cnc3c2c(=O)n(C)c(=O)n3C)C1. The minimum atomic E-state index is -0.421. The monoisotopic (exact) mass is 446 g/mol. The largest absolute Gasteiger partial charge is 0.356 e. The highest BCUT2D eigenvalue weighted by molar-refractivity contribution is 5.81. The summed E-state index contributed by atoms with van der Waals surface area (Å²) in [5, 5.41) is 2.98. The average molecular weight is 447 g/mol. The smallest absolute Gasteiger partial charge is 0.332 e. The molecule has 0 bridgehead atoms. The van der Waals surface area contributed by atoms with Crippen molar-refractivity contribution in [2.75, 3.05) is 13.1 Å². The van der Waals surface area contributed by atoms with Crippen molar-refractivity contribution >= 4 is 23.0 Å². The third-order valence-corrected chi connectivity index (χ3v) is 6.41. The minimum Gasteiger partial charge on any atom is -0.356 e. The molecule has 1 aliphatic rings. The van der Waals surface area contributed by atoms with E-state index in [0.29, 0.717) is 43.6 Å². The van der Waals surface area contributed by atoms with Gasteiger partial charge < -0.3 is 14.8 Å². The second-order valence-corrected chi connectivity index (χ2v) is 8.73. The Kier molecular flexibility index (Phi) is 7.52. The molecule has 176 valence electrons. The van der Waals surface area contributed by atoms with Crippen LogP contribution >= 0.6 is 0 Å². The van der Waals surface area contributed by atoms with Crippen molar-refractivity contribution < 1.29 is 9.59 Å². The molecule has 1 fully saturated rings. The van der Waals surface area contributed by atoms with Crippen LogP contribution in [0.4, 0.5) is 0 Å². The van der Waals surface area contributed by atoms with Gasteiger partial charge in [0.05, 0.1) is 12.2 Å². The van der Waals surface area contributed by atoms with Gasteiger partial charge in [-0.05, 0) is 32.6 Å². The molecule has 1 aliphatic heterocycles. The van der Waals surface area contributed by atoms with Crippen molar-refractivity contribution in [1.29, 1.82) is 0 Å². The highest BCUT2D eigenvalue weighted by Crippen LogP contribution is 2.23. The first-order chi connectivity index (χ1) is 15.3. The number of carbonyl (C=O) groups excluding carboxylic acids is 2. The molecule has 2 amide bonds. The summed E-state index contributed by atoms with van der Waals surface area (Å²) in [7, 11) is 3.02. The Bertz CT molecular complexity index is 1100. The van der Waals surface area contributed by atoms with Crippen molar-refractivity contribution in [2.45, 2.75) is 65.0 Å². The lowest BCUT2D eigenvalue weighted by Crippen LogP contribution is -2.49. The second kappa shape index (κ2) is 10.1. The topological polar surface area (TPSA) is 111 Å². The van der Waals surface area contributed by atoms with Gasteiger partial charge in [0.2, 0.25) is 11.8 Å². The lowest BCUT2D eigenvalue weighted by Gasteiger charge is -2.37. The molecule has 1 N–H and O–H groups in total. The maximum Gasteiger partial charge on any atom is 0.332 e. The Balaban J connectivity index is 1.61. The van der Waals surface area contributed by atoms with Gasteiger partial charge in [-0.2, -0.15) is 0 Å². The van der Waals surface area contributed by atoms with E-state index in [1.165, 1.54) is 17.9 Å². The van der Waals surface area contributed by atoms with Crippen LogP contribution in [0.15, 0.2) is 15.9 Å². The number of piperidine rings is 1. The van der Waals surface area contributed by atoms with Gasteiger partial charge in [0.15, 0.2) is 11.2 Å². The van der Waals surface area contributed by atoms with Crippen molar-refractivity contribution in [3.63, 3.8) is 0 Å².